The standard InChI is InChI=1S/C9H10ClFN2O/c10-9-12-4-7(11)8(13-9)5-1-2-6(14)3-5/h4-6,14H,1-3H2/t5-,6-/m0/s1. The molecule has 0 radical (unpaired) electrons. The average Bonchev–Trinajstić information content (AvgIpc) is 2.56. The van der Waals surface area contributed by atoms with E-state index in [9.17, 15) is 9.50 Å². The van der Waals surface area contributed by atoms with E-state index in [0.717, 1.165) is 12.6 Å². The molecule has 14 heavy (non-hydrogen) atoms. The van der Waals surface area contributed by atoms with E-state index in [1.165, 1.54) is 0 Å². The lowest BCUT2D eigenvalue weighted by Gasteiger charge is -2.08. The van der Waals surface area contributed by atoms with Crippen molar-refractivity contribution >= 4 is 11.6 Å². The zero-order valence-corrected chi connectivity index (χ0v) is 8.21. The van der Waals surface area contributed by atoms with Crippen LogP contribution in [0.4, 0.5) is 4.39 Å². The maximum Gasteiger partial charge on any atom is 0.222 e. The normalized spacial score (nSPS) is 26.8. The SMILES string of the molecule is O[C@H]1CC[C@H](c2nc(Cl)ncc2F)C1. The van der Waals surface area contributed by atoms with Crippen LogP contribution in [0.2, 0.25) is 5.28 Å². The molecule has 0 saturated heterocycles. The van der Waals surface area contributed by atoms with E-state index in [1.54, 1.807) is 0 Å². The lowest BCUT2D eigenvalue weighted by atomic mass is 10.0. The molecule has 0 amide bonds. The summed E-state index contributed by atoms with van der Waals surface area (Å²) in [4.78, 5) is 7.40. The number of aromatic nitrogens is 2. The van der Waals surface area contributed by atoms with Gasteiger partial charge in [0.15, 0.2) is 5.82 Å². The van der Waals surface area contributed by atoms with Crippen molar-refractivity contribution < 1.29 is 9.50 Å². The molecule has 76 valence electrons. The molecule has 2 rings (SSSR count). The zero-order chi connectivity index (χ0) is 10.1. The first-order valence-electron chi connectivity index (χ1n) is 4.53. The van der Waals surface area contributed by atoms with Crippen LogP contribution in [0.25, 0.3) is 0 Å². The molecule has 0 aromatic carbocycles. The van der Waals surface area contributed by atoms with Gasteiger partial charge in [0.25, 0.3) is 0 Å². The van der Waals surface area contributed by atoms with Crippen LogP contribution in [0, 0.1) is 5.82 Å². The fourth-order valence-corrected chi connectivity index (χ4v) is 1.99. The third-order valence-electron chi connectivity index (χ3n) is 2.53. The molecule has 0 bridgehead atoms. The van der Waals surface area contributed by atoms with Gasteiger partial charge in [-0.15, -0.1) is 0 Å². The summed E-state index contributed by atoms with van der Waals surface area (Å²) in [7, 11) is 0. The minimum atomic E-state index is -0.437. The van der Waals surface area contributed by atoms with Crippen LogP contribution in [-0.2, 0) is 0 Å². The molecule has 5 heteroatoms. The summed E-state index contributed by atoms with van der Waals surface area (Å²) in [6, 6.07) is 0. The maximum atomic E-state index is 13.3. The molecule has 1 fully saturated rings. The average molecular weight is 217 g/mol. The van der Waals surface area contributed by atoms with Crippen molar-refractivity contribution in [3.8, 4) is 0 Å². The first-order chi connectivity index (χ1) is 6.66. The highest BCUT2D eigenvalue weighted by Crippen LogP contribution is 2.34. The highest BCUT2D eigenvalue weighted by Gasteiger charge is 2.27. The number of aliphatic hydroxyl groups excluding tert-OH is 1. The minimum Gasteiger partial charge on any atom is -0.393 e. The smallest absolute Gasteiger partial charge is 0.222 e. The number of halogens is 2. The summed E-state index contributed by atoms with van der Waals surface area (Å²) in [5.41, 5.74) is 0.335. The summed E-state index contributed by atoms with van der Waals surface area (Å²) >= 11 is 5.58. The summed E-state index contributed by atoms with van der Waals surface area (Å²) < 4.78 is 13.3. The molecule has 0 aliphatic heterocycles. The molecule has 1 N–H and O–H groups in total. The van der Waals surface area contributed by atoms with Gasteiger partial charge in [-0.3, -0.25) is 0 Å². The molecule has 1 aromatic rings. The van der Waals surface area contributed by atoms with Gasteiger partial charge in [-0.1, -0.05) is 0 Å². The van der Waals surface area contributed by atoms with E-state index in [-0.39, 0.29) is 17.3 Å². The van der Waals surface area contributed by atoms with Gasteiger partial charge < -0.3 is 5.11 Å². The van der Waals surface area contributed by atoms with Crippen molar-refractivity contribution in [2.24, 2.45) is 0 Å². The van der Waals surface area contributed by atoms with E-state index in [0.29, 0.717) is 18.5 Å². The summed E-state index contributed by atoms with van der Waals surface area (Å²) in [6.07, 6.45) is 2.75. The van der Waals surface area contributed by atoms with Crippen molar-refractivity contribution in [3.63, 3.8) is 0 Å². The van der Waals surface area contributed by atoms with Crippen LogP contribution < -0.4 is 0 Å². The minimum absolute atomic E-state index is 0.0227. The van der Waals surface area contributed by atoms with Crippen LogP contribution in [0.3, 0.4) is 0 Å². The van der Waals surface area contributed by atoms with Crippen molar-refractivity contribution in [1.29, 1.82) is 0 Å². The van der Waals surface area contributed by atoms with Crippen LogP contribution in [0.5, 0.6) is 0 Å². The van der Waals surface area contributed by atoms with Crippen molar-refractivity contribution in [1.82, 2.24) is 9.97 Å². The Morgan fingerprint density at radius 3 is 2.93 bits per heavy atom. The van der Waals surface area contributed by atoms with Crippen LogP contribution in [0.1, 0.15) is 30.9 Å². The van der Waals surface area contributed by atoms with E-state index >= 15 is 0 Å². The number of aliphatic hydroxyl groups is 1. The van der Waals surface area contributed by atoms with Gasteiger partial charge >= 0.3 is 0 Å². The predicted molar refractivity (Wildman–Crippen MR) is 49.6 cm³/mol. The van der Waals surface area contributed by atoms with Crippen molar-refractivity contribution in [2.75, 3.05) is 0 Å². The fraction of sp³-hybridized carbons (Fsp3) is 0.556. The Balaban J connectivity index is 2.27. The van der Waals surface area contributed by atoms with E-state index < -0.39 is 5.82 Å². The molecular formula is C9H10ClFN2O. The molecule has 1 aliphatic rings. The monoisotopic (exact) mass is 216 g/mol. The highest BCUT2D eigenvalue weighted by molar-refractivity contribution is 6.28. The number of hydrogen-bond acceptors (Lipinski definition) is 3. The lowest BCUT2D eigenvalue weighted by molar-refractivity contribution is 0.181. The molecule has 3 nitrogen and oxygen atoms in total. The molecular weight excluding hydrogens is 207 g/mol. The van der Waals surface area contributed by atoms with E-state index in [4.69, 9.17) is 11.6 Å². The van der Waals surface area contributed by atoms with Gasteiger partial charge in [0.2, 0.25) is 5.28 Å². The van der Waals surface area contributed by atoms with Gasteiger partial charge in [0.1, 0.15) is 0 Å². The fourth-order valence-electron chi connectivity index (χ4n) is 1.85. The summed E-state index contributed by atoms with van der Waals surface area (Å²) in [5.74, 6) is -0.459. The topological polar surface area (TPSA) is 46.0 Å². The quantitative estimate of drug-likeness (QED) is 0.730. The molecule has 0 spiro atoms. The number of nitrogens with zero attached hydrogens (tertiary/aromatic N) is 2. The van der Waals surface area contributed by atoms with Gasteiger partial charge in [-0.25, -0.2) is 14.4 Å². The Hall–Kier alpha value is -0.740. The van der Waals surface area contributed by atoms with Gasteiger partial charge in [-0.05, 0) is 30.9 Å². The second-order valence-corrected chi connectivity index (χ2v) is 3.87. The number of rotatable bonds is 1. The highest BCUT2D eigenvalue weighted by atomic mass is 35.5. The largest absolute Gasteiger partial charge is 0.393 e. The van der Waals surface area contributed by atoms with Gasteiger partial charge in [-0.2, -0.15) is 0 Å². The molecule has 1 saturated carbocycles. The van der Waals surface area contributed by atoms with E-state index in [2.05, 4.69) is 9.97 Å². The van der Waals surface area contributed by atoms with Crippen LogP contribution in [0.15, 0.2) is 6.20 Å². The summed E-state index contributed by atoms with van der Waals surface area (Å²) in [5, 5.41) is 9.38. The van der Waals surface area contributed by atoms with E-state index in [1.807, 2.05) is 0 Å². The van der Waals surface area contributed by atoms with Crippen LogP contribution >= 0.6 is 11.6 Å². The first kappa shape index (κ1) is 9.80. The molecule has 2 atom stereocenters. The first-order valence-corrected chi connectivity index (χ1v) is 4.90. The number of hydrogen-bond donors (Lipinski definition) is 1. The Bertz CT molecular complexity index is 348. The second kappa shape index (κ2) is 3.79. The summed E-state index contributed by atoms with van der Waals surface area (Å²) in [6.45, 7) is 0. The van der Waals surface area contributed by atoms with Gasteiger partial charge in [0, 0.05) is 5.92 Å². The predicted octanol–water partition coefficient (Wildman–Crippen LogP) is 1.90. The third kappa shape index (κ3) is 1.86. The Kier molecular flexibility index (Phi) is 2.65. The molecule has 1 heterocycles. The maximum absolute atomic E-state index is 13.3. The lowest BCUT2D eigenvalue weighted by Crippen LogP contribution is -2.04. The Morgan fingerprint density at radius 1 is 1.50 bits per heavy atom. The molecule has 1 aliphatic carbocycles. The molecule has 0 unspecified atom stereocenters. The Morgan fingerprint density at radius 2 is 2.29 bits per heavy atom. The molecule has 1 aromatic heterocycles. The van der Waals surface area contributed by atoms with Crippen molar-refractivity contribution in [2.45, 2.75) is 31.3 Å². The second-order valence-electron chi connectivity index (χ2n) is 3.54. The van der Waals surface area contributed by atoms with Crippen molar-refractivity contribution in [3.05, 3.63) is 23.0 Å². The Labute approximate surface area is 86.0 Å². The van der Waals surface area contributed by atoms with Gasteiger partial charge in [0.05, 0.1) is 18.0 Å². The zero-order valence-electron chi connectivity index (χ0n) is 7.45. The van der Waals surface area contributed by atoms with Crippen LogP contribution in [-0.4, -0.2) is 21.2 Å². The third-order valence-corrected chi connectivity index (χ3v) is 2.72.